The molecule has 2 aliphatic rings. The monoisotopic (exact) mass is 458 g/mol. The number of benzene rings is 2. The van der Waals surface area contributed by atoms with Crippen molar-refractivity contribution >= 4 is 35.8 Å². The van der Waals surface area contributed by atoms with Crippen LogP contribution in [0.15, 0.2) is 46.2 Å². The fourth-order valence-electron chi connectivity index (χ4n) is 4.04. The number of hydrogen-bond donors (Lipinski definition) is 2. The van der Waals surface area contributed by atoms with E-state index in [4.69, 9.17) is 16.7 Å². The van der Waals surface area contributed by atoms with Crippen LogP contribution < -0.4 is 0 Å². The van der Waals surface area contributed by atoms with Gasteiger partial charge in [-0.2, -0.15) is 0 Å². The van der Waals surface area contributed by atoms with Crippen molar-refractivity contribution in [2.24, 2.45) is 0 Å². The fourth-order valence-corrected chi connectivity index (χ4v) is 5.36. The number of hydrogen-bond acceptors (Lipinski definition) is 5. The van der Waals surface area contributed by atoms with Gasteiger partial charge in [-0.05, 0) is 54.3 Å². The number of rotatable bonds is 4. The van der Waals surface area contributed by atoms with Crippen LogP contribution in [0.4, 0.5) is 0 Å². The van der Waals surface area contributed by atoms with Crippen LogP contribution in [-0.4, -0.2) is 64.8 Å². The average Bonchev–Trinajstić information content (AvgIpc) is 2.83. The Morgan fingerprint density at radius 1 is 1.03 bits per heavy atom. The number of phenols is 1. The molecule has 0 amide bonds. The van der Waals surface area contributed by atoms with Crippen molar-refractivity contribution in [2.45, 2.75) is 28.7 Å². The standard InChI is InChI=1S/C21H25ClN2O2S.ClH.H2O/c22-16-3-5-20-18(13-16)19(12-15-2-4-17(26)14-21(15)27-20)24-9-7-23(8-10-24)6-1-11-25;;/h2-5,13-14,19,25-26H,1,6-12H2;1H;1H2. The summed E-state index contributed by atoms with van der Waals surface area (Å²) >= 11 is 8.07. The Hall–Kier alpha value is -0.990. The first-order valence-electron chi connectivity index (χ1n) is 9.50. The molecule has 0 bridgehead atoms. The van der Waals surface area contributed by atoms with Gasteiger partial charge in [-0.15, -0.1) is 12.4 Å². The van der Waals surface area contributed by atoms with E-state index in [0.29, 0.717) is 5.75 Å². The Balaban J connectivity index is 0.00000150. The van der Waals surface area contributed by atoms with Crippen LogP contribution in [0, 0.1) is 0 Å². The number of halogens is 2. The number of aliphatic hydroxyl groups excluding tert-OH is 1. The second-order valence-corrected chi connectivity index (χ2v) is 8.77. The second kappa shape index (κ2) is 10.9. The maximum atomic E-state index is 9.92. The molecule has 29 heavy (non-hydrogen) atoms. The molecule has 0 saturated carbocycles. The summed E-state index contributed by atoms with van der Waals surface area (Å²) in [6.07, 6.45) is 1.77. The van der Waals surface area contributed by atoms with Gasteiger partial charge in [-0.3, -0.25) is 4.90 Å². The van der Waals surface area contributed by atoms with Gasteiger partial charge in [-0.25, -0.2) is 0 Å². The Kier molecular flexibility index (Phi) is 9.10. The molecule has 1 fully saturated rings. The summed E-state index contributed by atoms with van der Waals surface area (Å²) in [4.78, 5) is 7.34. The molecule has 2 aromatic rings. The van der Waals surface area contributed by atoms with Crippen molar-refractivity contribution in [3.8, 4) is 5.75 Å². The smallest absolute Gasteiger partial charge is 0.116 e. The number of aliphatic hydroxyl groups is 1. The van der Waals surface area contributed by atoms with Crippen molar-refractivity contribution in [1.82, 2.24) is 9.80 Å². The molecule has 0 aromatic heterocycles. The maximum absolute atomic E-state index is 9.92. The van der Waals surface area contributed by atoms with E-state index >= 15 is 0 Å². The lowest BCUT2D eigenvalue weighted by atomic mass is 9.96. The first kappa shape index (κ1) is 24.3. The van der Waals surface area contributed by atoms with Gasteiger partial charge in [0.1, 0.15) is 5.75 Å². The molecule has 0 aliphatic carbocycles. The Morgan fingerprint density at radius 3 is 2.52 bits per heavy atom. The van der Waals surface area contributed by atoms with E-state index in [1.54, 1.807) is 17.8 Å². The number of fused-ring (bicyclic) bond motifs is 2. The molecule has 5 nitrogen and oxygen atoms in total. The van der Waals surface area contributed by atoms with Crippen molar-refractivity contribution in [1.29, 1.82) is 0 Å². The minimum absolute atomic E-state index is 0. The van der Waals surface area contributed by atoms with E-state index in [1.807, 2.05) is 12.1 Å². The van der Waals surface area contributed by atoms with E-state index in [2.05, 4.69) is 28.0 Å². The van der Waals surface area contributed by atoms with Gasteiger partial charge in [0.2, 0.25) is 0 Å². The van der Waals surface area contributed by atoms with Gasteiger partial charge in [0, 0.05) is 60.2 Å². The second-order valence-electron chi connectivity index (χ2n) is 7.25. The molecule has 0 spiro atoms. The van der Waals surface area contributed by atoms with Crippen molar-refractivity contribution in [3.05, 3.63) is 52.5 Å². The summed E-state index contributed by atoms with van der Waals surface area (Å²) in [5, 5.41) is 19.8. The highest BCUT2D eigenvalue weighted by Gasteiger charge is 2.30. The Labute approximate surface area is 187 Å². The summed E-state index contributed by atoms with van der Waals surface area (Å²) in [5.41, 5.74) is 2.56. The highest BCUT2D eigenvalue weighted by molar-refractivity contribution is 7.99. The molecule has 2 heterocycles. The molecule has 8 heteroatoms. The largest absolute Gasteiger partial charge is 0.508 e. The predicted molar refractivity (Wildman–Crippen MR) is 121 cm³/mol. The van der Waals surface area contributed by atoms with Crippen LogP contribution in [0.5, 0.6) is 5.75 Å². The van der Waals surface area contributed by atoms with Crippen molar-refractivity contribution in [2.75, 3.05) is 39.3 Å². The van der Waals surface area contributed by atoms with Crippen LogP contribution in [0.25, 0.3) is 0 Å². The molecule has 2 aromatic carbocycles. The van der Waals surface area contributed by atoms with Crippen LogP contribution in [0.2, 0.25) is 5.02 Å². The Morgan fingerprint density at radius 2 is 1.79 bits per heavy atom. The van der Waals surface area contributed by atoms with E-state index < -0.39 is 0 Å². The van der Waals surface area contributed by atoms with Crippen LogP contribution >= 0.6 is 35.8 Å². The lowest BCUT2D eigenvalue weighted by molar-refractivity contribution is 0.0899. The van der Waals surface area contributed by atoms with E-state index in [-0.39, 0.29) is 30.5 Å². The maximum Gasteiger partial charge on any atom is 0.116 e. The van der Waals surface area contributed by atoms with Crippen LogP contribution in [0.1, 0.15) is 23.6 Å². The first-order valence-corrected chi connectivity index (χ1v) is 10.7. The van der Waals surface area contributed by atoms with E-state index in [1.165, 1.54) is 16.0 Å². The topological polar surface area (TPSA) is 78.4 Å². The molecular formula is C21H28Cl2N2O3S. The summed E-state index contributed by atoms with van der Waals surface area (Å²) in [6.45, 7) is 5.31. The van der Waals surface area contributed by atoms with E-state index in [9.17, 15) is 5.11 Å². The first-order chi connectivity index (χ1) is 13.1. The molecule has 4 rings (SSSR count). The van der Waals surface area contributed by atoms with Gasteiger partial charge < -0.3 is 20.6 Å². The number of phenolic OH excluding ortho intramolecular Hbond substituents is 1. The van der Waals surface area contributed by atoms with Gasteiger partial charge in [0.25, 0.3) is 0 Å². The van der Waals surface area contributed by atoms with Crippen LogP contribution in [0.3, 0.4) is 0 Å². The highest BCUT2D eigenvalue weighted by atomic mass is 35.5. The SMILES string of the molecule is Cl.O.OCCCN1CCN(C2Cc3ccc(O)cc3Sc3ccc(Cl)cc32)CC1. The van der Waals surface area contributed by atoms with Gasteiger partial charge in [-0.1, -0.05) is 29.4 Å². The molecule has 1 atom stereocenters. The lowest BCUT2D eigenvalue weighted by Crippen LogP contribution is -2.48. The lowest BCUT2D eigenvalue weighted by Gasteiger charge is -2.39. The molecule has 1 unspecified atom stereocenters. The summed E-state index contributed by atoms with van der Waals surface area (Å²) in [6, 6.07) is 12.2. The summed E-state index contributed by atoms with van der Waals surface area (Å²) in [5.74, 6) is 0.313. The van der Waals surface area contributed by atoms with Crippen molar-refractivity contribution in [3.63, 3.8) is 0 Å². The predicted octanol–water partition coefficient (Wildman–Crippen LogP) is 3.39. The highest BCUT2D eigenvalue weighted by Crippen LogP contribution is 2.44. The van der Waals surface area contributed by atoms with E-state index in [0.717, 1.165) is 55.5 Å². The zero-order chi connectivity index (χ0) is 18.8. The van der Waals surface area contributed by atoms with Crippen molar-refractivity contribution < 1.29 is 15.7 Å². The molecule has 1 saturated heterocycles. The van der Waals surface area contributed by atoms with Gasteiger partial charge in [0.15, 0.2) is 0 Å². The minimum Gasteiger partial charge on any atom is -0.508 e. The van der Waals surface area contributed by atoms with Gasteiger partial charge in [0.05, 0.1) is 0 Å². The number of aromatic hydroxyl groups is 1. The molecule has 0 radical (unpaired) electrons. The normalized spacial score (nSPS) is 19.3. The third-order valence-electron chi connectivity index (χ3n) is 5.49. The summed E-state index contributed by atoms with van der Waals surface area (Å²) in [7, 11) is 0. The zero-order valence-electron chi connectivity index (χ0n) is 16.2. The molecule has 160 valence electrons. The minimum atomic E-state index is 0. The average molecular weight is 459 g/mol. The van der Waals surface area contributed by atoms with Crippen LogP contribution in [-0.2, 0) is 6.42 Å². The number of piperazine rings is 1. The number of nitrogens with zero attached hydrogens (tertiary/aromatic N) is 2. The third-order valence-corrected chi connectivity index (χ3v) is 6.92. The fraction of sp³-hybridized carbons (Fsp3) is 0.429. The zero-order valence-corrected chi connectivity index (χ0v) is 18.6. The molecule has 4 N–H and O–H groups in total. The molecular weight excluding hydrogens is 431 g/mol. The quantitative estimate of drug-likeness (QED) is 0.733. The molecule has 2 aliphatic heterocycles. The Bertz CT molecular complexity index is 817. The van der Waals surface area contributed by atoms with Gasteiger partial charge >= 0.3 is 0 Å². The third kappa shape index (κ3) is 5.58. The summed E-state index contributed by atoms with van der Waals surface area (Å²) < 4.78 is 0.